The molecule has 1 amide bonds. The number of rotatable bonds is 5. The predicted octanol–water partition coefficient (Wildman–Crippen LogP) is 1.84. The fourth-order valence-electron chi connectivity index (χ4n) is 3.46. The second kappa shape index (κ2) is 7.41. The molecule has 2 N–H and O–H groups in total. The van der Waals surface area contributed by atoms with Crippen molar-refractivity contribution in [1.82, 2.24) is 9.80 Å². The van der Waals surface area contributed by atoms with Gasteiger partial charge in [0.25, 0.3) is 0 Å². The smallest absolute Gasteiger partial charge is 0.237 e. The van der Waals surface area contributed by atoms with Crippen LogP contribution in [0.1, 0.15) is 52.4 Å². The molecule has 116 valence electrons. The molecule has 0 bridgehead atoms. The summed E-state index contributed by atoms with van der Waals surface area (Å²) in [5.74, 6) is 0.885. The van der Waals surface area contributed by atoms with Crippen LogP contribution in [-0.2, 0) is 4.79 Å². The highest BCUT2D eigenvalue weighted by molar-refractivity contribution is 5.78. The number of piperidine rings is 1. The molecule has 1 aliphatic carbocycles. The molecular weight excluding hydrogens is 250 g/mol. The molecule has 4 heteroatoms. The zero-order valence-corrected chi connectivity index (χ0v) is 13.2. The largest absolute Gasteiger partial charge is 0.338 e. The number of nitrogens with two attached hydrogens (primary N) is 1. The Hall–Kier alpha value is -0.610. The van der Waals surface area contributed by atoms with E-state index in [1.165, 1.54) is 25.7 Å². The van der Waals surface area contributed by atoms with E-state index in [9.17, 15) is 4.79 Å². The van der Waals surface area contributed by atoms with Crippen molar-refractivity contribution in [2.45, 2.75) is 64.5 Å². The van der Waals surface area contributed by atoms with Gasteiger partial charge in [-0.1, -0.05) is 26.7 Å². The minimum Gasteiger partial charge on any atom is -0.338 e. The van der Waals surface area contributed by atoms with Crippen LogP contribution in [0.2, 0.25) is 0 Å². The third kappa shape index (κ3) is 4.45. The lowest BCUT2D eigenvalue weighted by molar-refractivity contribution is -0.135. The first-order valence-corrected chi connectivity index (χ1v) is 8.33. The van der Waals surface area contributed by atoms with Crippen LogP contribution in [0.4, 0.5) is 0 Å². The van der Waals surface area contributed by atoms with Gasteiger partial charge in [-0.15, -0.1) is 0 Å². The summed E-state index contributed by atoms with van der Waals surface area (Å²) in [6, 6.07) is 0.833. The van der Waals surface area contributed by atoms with Crippen molar-refractivity contribution in [1.29, 1.82) is 0 Å². The second-order valence-corrected chi connectivity index (χ2v) is 6.99. The number of nitrogens with zero attached hydrogens (tertiary/aromatic N) is 2. The van der Waals surface area contributed by atoms with Crippen molar-refractivity contribution < 1.29 is 4.79 Å². The molecule has 0 atom stereocenters. The molecule has 0 aromatic rings. The average molecular weight is 281 g/mol. The van der Waals surface area contributed by atoms with Gasteiger partial charge in [0.15, 0.2) is 0 Å². The first-order chi connectivity index (χ1) is 9.56. The summed E-state index contributed by atoms with van der Waals surface area (Å²) in [5.41, 5.74) is 5.93. The third-order valence-corrected chi connectivity index (χ3v) is 4.64. The Labute approximate surface area is 123 Å². The minimum absolute atomic E-state index is 0.334. The van der Waals surface area contributed by atoms with E-state index in [4.69, 9.17) is 5.73 Å². The summed E-state index contributed by atoms with van der Waals surface area (Å²) >= 11 is 0. The molecule has 2 aliphatic rings. The molecule has 20 heavy (non-hydrogen) atoms. The maximum Gasteiger partial charge on any atom is 0.237 e. The first kappa shape index (κ1) is 15.8. The maximum absolute atomic E-state index is 12.7. The number of likely N-dealkylation sites (tertiary alicyclic amines) is 1. The Balaban J connectivity index is 1.88. The van der Waals surface area contributed by atoms with Crippen LogP contribution in [-0.4, -0.2) is 54.0 Å². The summed E-state index contributed by atoms with van der Waals surface area (Å²) in [6.07, 6.45) is 7.02. The first-order valence-electron chi connectivity index (χ1n) is 8.33. The van der Waals surface area contributed by atoms with Gasteiger partial charge < -0.3 is 10.6 Å². The van der Waals surface area contributed by atoms with Crippen molar-refractivity contribution in [2.75, 3.05) is 26.2 Å². The summed E-state index contributed by atoms with van der Waals surface area (Å²) in [5, 5.41) is 0. The molecule has 1 saturated heterocycles. The van der Waals surface area contributed by atoms with Crippen LogP contribution in [0.3, 0.4) is 0 Å². The Kier molecular flexibility index (Phi) is 5.85. The van der Waals surface area contributed by atoms with E-state index < -0.39 is 0 Å². The van der Waals surface area contributed by atoms with E-state index in [1.54, 1.807) is 0 Å². The molecule has 1 saturated carbocycles. The summed E-state index contributed by atoms with van der Waals surface area (Å²) in [6.45, 7) is 7.87. The third-order valence-electron chi connectivity index (χ3n) is 4.64. The van der Waals surface area contributed by atoms with E-state index in [1.807, 2.05) is 0 Å². The molecule has 1 heterocycles. The predicted molar refractivity (Wildman–Crippen MR) is 82.5 cm³/mol. The van der Waals surface area contributed by atoms with Crippen molar-refractivity contribution in [3.05, 3.63) is 0 Å². The number of carbonyl (C=O) groups excluding carboxylic acids is 1. The van der Waals surface area contributed by atoms with Gasteiger partial charge in [0.1, 0.15) is 0 Å². The fourth-order valence-corrected chi connectivity index (χ4v) is 3.46. The number of hydrogen-bond donors (Lipinski definition) is 1. The van der Waals surface area contributed by atoms with E-state index in [2.05, 4.69) is 23.6 Å². The lowest BCUT2D eigenvalue weighted by Gasteiger charge is -2.35. The molecule has 0 radical (unpaired) electrons. The summed E-state index contributed by atoms with van der Waals surface area (Å²) < 4.78 is 0. The normalized spacial score (nSPS) is 22.6. The second-order valence-electron chi connectivity index (χ2n) is 6.99. The van der Waals surface area contributed by atoms with Gasteiger partial charge in [-0.3, -0.25) is 9.69 Å². The average Bonchev–Trinajstić information content (AvgIpc) is 2.92. The van der Waals surface area contributed by atoms with Crippen molar-refractivity contribution in [2.24, 2.45) is 11.7 Å². The Bertz CT molecular complexity index is 305. The van der Waals surface area contributed by atoms with E-state index in [-0.39, 0.29) is 0 Å². The zero-order valence-electron chi connectivity index (χ0n) is 13.2. The standard InChI is InChI=1S/C16H31N3O/c1-13(2)11-19(15-5-3-4-6-15)16(20)12-18-9-7-14(17)8-10-18/h13-15H,3-12,17H2,1-2H3. The Morgan fingerprint density at radius 1 is 1.20 bits per heavy atom. The molecule has 2 rings (SSSR count). The van der Waals surface area contributed by atoms with Crippen LogP contribution >= 0.6 is 0 Å². The van der Waals surface area contributed by atoms with Crippen LogP contribution in [0.15, 0.2) is 0 Å². The van der Waals surface area contributed by atoms with Crippen LogP contribution in [0.5, 0.6) is 0 Å². The van der Waals surface area contributed by atoms with Gasteiger partial charge in [-0.25, -0.2) is 0 Å². The van der Waals surface area contributed by atoms with Crippen LogP contribution < -0.4 is 5.73 Å². The van der Waals surface area contributed by atoms with E-state index in [0.29, 0.717) is 30.5 Å². The van der Waals surface area contributed by atoms with E-state index in [0.717, 1.165) is 32.5 Å². The molecule has 4 nitrogen and oxygen atoms in total. The lowest BCUT2D eigenvalue weighted by Crippen LogP contribution is -2.49. The zero-order chi connectivity index (χ0) is 14.5. The quantitative estimate of drug-likeness (QED) is 0.836. The van der Waals surface area contributed by atoms with Gasteiger partial charge >= 0.3 is 0 Å². The van der Waals surface area contributed by atoms with Crippen LogP contribution in [0.25, 0.3) is 0 Å². The molecule has 0 spiro atoms. The summed E-state index contributed by atoms with van der Waals surface area (Å²) in [7, 11) is 0. The number of hydrogen-bond acceptors (Lipinski definition) is 3. The minimum atomic E-state index is 0.334. The Morgan fingerprint density at radius 2 is 1.80 bits per heavy atom. The van der Waals surface area contributed by atoms with Gasteiger partial charge in [-0.2, -0.15) is 0 Å². The number of amides is 1. The van der Waals surface area contributed by atoms with Crippen molar-refractivity contribution in [3.8, 4) is 0 Å². The highest BCUT2D eigenvalue weighted by Crippen LogP contribution is 2.24. The van der Waals surface area contributed by atoms with Gasteiger partial charge in [0, 0.05) is 31.7 Å². The molecular formula is C16H31N3O. The molecule has 0 aromatic carbocycles. The van der Waals surface area contributed by atoms with Crippen molar-refractivity contribution in [3.63, 3.8) is 0 Å². The SMILES string of the molecule is CC(C)CN(C(=O)CN1CCC(N)CC1)C1CCCC1. The fraction of sp³-hybridized carbons (Fsp3) is 0.938. The maximum atomic E-state index is 12.7. The van der Waals surface area contributed by atoms with Gasteiger partial charge in [-0.05, 0) is 31.6 Å². The van der Waals surface area contributed by atoms with E-state index >= 15 is 0 Å². The molecule has 0 unspecified atom stereocenters. The molecule has 0 aromatic heterocycles. The van der Waals surface area contributed by atoms with Crippen LogP contribution in [0, 0.1) is 5.92 Å². The molecule has 1 aliphatic heterocycles. The highest BCUT2D eigenvalue weighted by atomic mass is 16.2. The molecule has 2 fully saturated rings. The Morgan fingerprint density at radius 3 is 2.35 bits per heavy atom. The van der Waals surface area contributed by atoms with Crippen molar-refractivity contribution >= 4 is 5.91 Å². The highest BCUT2D eigenvalue weighted by Gasteiger charge is 2.28. The monoisotopic (exact) mass is 281 g/mol. The van der Waals surface area contributed by atoms with Gasteiger partial charge in [0.05, 0.1) is 6.54 Å². The number of carbonyl (C=O) groups is 1. The summed E-state index contributed by atoms with van der Waals surface area (Å²) in [4.78, 5) is 17.1. The lowest BCUT2D eigenvalue weighted by atomic mass is 10.1. The van der Waals surface area contributed by atoms with Gasteiger partial charge in [0.2, 0.25) is 5.91 Å². The topological polar surface area (TPSA) is 49.6 Å².